The van der Waals surface area contributed by atoms with Crippen molar-refractivity contribution in [3.8, 4) is 5.75 Å². The number of carbonyl (C=O) groups is 1. The first-order valence-electron chi connectivity index (χ1n) is 9.40. The van der Waals surface area contributed by atoms with Crippen LogP contribution in [0.25, 0.3) is 10.8 Å². The summed E-state index contributed by atoms with van der Waals surface area (Å²) in [6.45, 7) is 5.80. The second kappa shape index (κ2) is 9.66. The van der Waals surface area contributed by atoms with Crippen molar-refractivity contribution in [1.29, 1.82) is 0 Å². The molecule has 3 aromatic rings. The van der Waals surface area contributed by atoms with Crippen LogP contribution in [0, 0.1) is 5.92 Å². The molecule has 0 spiro atoms. The fourth-order valence-electron chi connectivity index (χ4n) is 2.98. The molecule has 6 heteroatoms. The molecule has 1 amide bonds. The van der Waals surface area contributed by atoms with Crippen LogP contribution < -0.4 is 4.74 Å². The standard InChI is InChI=1S/C22H26N2O3S/c1-16(2)22(25)24(11-12-26-3)13-18-15-28-21(23-18)14-27-20-10-6-8-17-7-4-5-9-19(17)20/h4-10,15-16H,11-14H2,1-3H3. The summed E-state index contributed by atoms with van der Waals surface area (Å²) >= 11 is 1.55. The highest BCUT2D eigenvalue weighted by Gasteiger charge is 2.18. The number of fused-ring (bicyclic) bond motifs is 1. The van der Waals surface area contributed by atoms with Gasteiger partial charge in [-0.1, -0.05) is 50.2 Å². The lowest BCUT2D eigenvalue weighted by atomic mass is 10.1. The van der Waals surface area contributed by atoms with E-state index in [0.717, 1.165) is 27.2 Å². The summed E-state index contributed by atoms with van der Waals surface area (Å²) in [5, 5.41) is 5.14. The monoisotopic (exact) mass is 398 g/mol. The number of thiazole rings is 1. The molecule has 0 unspecified atom stereocenters. The van der Waals surface area contributed by atoms with E-state index in [9.17, 15) is 4.79 Å². The summed E-state index contributed by atoms with van der Waals surface area (Å²) < 4.78 is 11.2. The average Bonchev–Trinajstić information content (AvgIpc) is 3.16. The second-order valence-electron chi connectivity index (χ2n) is 6.91. The van der Waals surface area contributed by atoms with E-state index in [1.807, 2.05) is 43.5 Å². The summed E-state index contributed by atoms with van der Waals surface area (Å²) in [4.78, 5) is 18.9. The molecule has 0 atom stereocenters. The lowest BCUT2D eigenvalue weighted by Gasteiger charge is -2.23. The molecule has 0 aliphatic heterocycles. The van der Waals surface area contributed by atoms with Gasteiger partial charge in [-0.15, -0.1) is 11.3 Å². The minimum Gasteiger partial charge on any atom is -0.486 e. The molecule has 0 aliphatic carbocycles. The number of rotatable bonds is 9. The molecule has 1 heterocycles. The van der Waals surface area contributed by atoms with Crippen LogP contribution >= 0.6 is 11.3 Å². The van der Waals surface area contributed by atoms with E-state index in [4.69, 9.17) is 9.47 Å². The minimum atomic E-state index is -0.0512. The number of ether oxygens (including phenoxy) is 2. The van der Waals surface area contributed by atoms with Gasteiger partial charge in [0, 0.05) is 30.3 Å². The van der Waals surface area contributed by atoms with E-state index >= 15 is 0 Å². The first-order chi connectivity index (χ1) is 13.6. The molecule has 0 fully saturated rings. The van der Waals surface area contributed by atoms with Gasteiger partial charge in [0.15, 0.2) is 0 Å². The predicted octanol–water partition coefficient (Wildman–Crippen LogP) is 4.51. The first-order valence-corrected chi connectivity index (χ1v) is 10.3. The van der Waals surface area contributed by atoms with Crippen molar-refractivity contribution in [3.63, 3.8) is 0 Å². The molecule has 1 aromatic heterocycles. The maximum absolute atomic E-state index is 12.4. The third-order valence-corrected chi connectivity index (χ3v) is 5.29. The zero-order valence-electron chi connectivity index (χ0n) is 16.6. The van der Waals surface area contributed by atoms with Crippen molar-refractivity contribution < 1.29 is 14.3 Å². The van der Waals surface area contributed by atoms with Crippen molar-refractivity contribution in [2.75, 3.05) is 20.3 Å². The number of carbonyl (C=O) groups excluding carboxylic acids is 1. The average molecular weight is 399 g/mol. The summed E-state index contributed by atoms with van der Waals surface area (Å²) in [6.07, 6.45) is 0. The van der Waals surface area contributed by atoms with Crippen LogP contribution in [0.15, 0.2) is 47.8 Å². The Hall–Kier alpha value is -2.44. The van der Waals surface area contributed by atoms with Crippen LogP contribution in [-0.4, -0.2) is 36.1 Å². The molecule has 0 N–H and O–H groups in total. The van der Waals surface area contributed by atoms with E-state index in [-0.39, 0.29) is 11.8 Å². The molecule has 3 rings (SSSR count). The highest BCUT2D eigenvalue weighted by Crippen LogP contribution is 2.26. The predicted molar refractivity (Wildman–Crippen MR) is 113 cm³/mol. The molecule has 0 bridgehead atoms. The van der Waals surface area contributed by atoms with Crippen LogP contribution in [0.3, 0.4) is 0 Å². The number of amides is 1. The third kappa shape index (κ3) is 5.09. The van der Waals surface area contributed by atoms with Gasteiger partial charge in [0.1, 0.15) is 17.4 Å². The summed E-state index contributed by atoms with van der Waals surface area (Å²) in [7, 11) is 1.64. The Kier molecular flexibility index (Phi) is 7.01. The van der Waals surface area contributed by atoms with Crippen LogP contribution in [0.1, 0.15) is 24.5 Å². The summed E-state index contributed by atoms with van der Waals surface area (Å²) in [6, 6.07) is 14.2. The van der Waals surface area contributed by atoms with E-state index in [2.05, 4.69) is 23.2 Å². The second-order valence-corrected chi connectivity index (χ2v) is 7.85. The molecular weight excluding hydrogens is 372 g/mol. The van der Waals surface area contributed by atoms with Gasteiger partial charge in [-0.25, -0.2) is 4.98 Å². The fraction of sp³-hybridized carbons (Fsp3) is 0.364. The normalized spacial score (nSPS) is 11.1. The van der Waals surface area contributed by atoms with Gasteiger partial charge in [0.2, 0.25) is 5.91 Å². The number of benzene rings is 2. The Morgan fingerprint density at radius 3 is 2.75 bits per heavy atom. The van der Waals surface area contributed by atoms with Gasteiger partial charge >= 0.3 is 0 Å². The van der Waals surface area contributed by atoms with Crippen molar-refractivity contribution in [2.45, 2.75) is 27.0 Å². The molecule has 0 saturated carbocycles. The number of nitrogens with zero attached hydrogens (tertiary/aromatic N) is 2. The van der Waals surface area contributed by atoms with E-state index in [0.29, 0.717) is 26.3 Å². The number of hydrogen-bond acceptors (Lipinski definition) is 5. The first kappa shape index (κ1) is 20.3. The Bertz CT molecular complexity index is 918. The zero-order valence-corrected chi connectivity index (χ0v) is 17.4. The largest absolute Gasteiger partial charge is 0.486 e. The van der Waals surface area contributed by atoms with Crippen molar-refractivity contribution in [3.05, 3.63) is 58.5 Å². The molecule has 148 valence electrons. The smallest absolute Gasteiger partial charge is 0.225 e. The third-order valence-electron chi connectivity index (χ3n) is 4.42. The lowest BCUT2D eigenvalue weighted by Crippen LogP contribution is -2.36. The van der Waals surface area contributed by atoms with E-state index in [1.54, 1.807) is 23.3 Å². The Balaban J connectivity index is 1.65. The van der Waals surface area contributed by atoms with Crippen molar-refractivity contribution in [2.24, 2.45) is 5.92 Å². The van der Waals surface area contributed by atoms with Gasteiger partial charge in [0.25, 0.3) is 0 Å². The Labute approximate surface area is 169 Å². The quantitative estimate of drug-likeness (QED) is 0.532. The summed E-state index contributed by atoms with van der Waals surface area (Å²) in [5.41, 5.74) is 0.881. The summed E-state index contributed by atoms with van der Waals surface area (Å²) in [5.74, 6) is 0.912. The molecule has 28 heavy (non-hydrogen) atoms. The molecule has 2 aromatic carbocycles. The fourth-order valence-corrected chi connectivity index (χ4v) is 3.67. The van der Waals surface area contributed by atoms with E-state index < -0.39 is 0 Å². The number of methoxy groups -OCH3 is 1. The van der Waals surface area contributed by atoms with Crippen LogP contribution in [0.5, 0.6) is 5.75 Å². The maximum atomic E-state index is 12.4. The molecule has 5 nitrogen and oxygen atoms in total. The lowest BCUT2D eigenvalue weighted by molar-refractivity contribution is -0.135. The zero-order chi connectivity index (χ0) is 19.9. The molecular formula is C22H26N2O3S. The number of aromatic nitrogens is 1. The Morgan fingerprint density at radius 2 is 1.96 bits per heavy atom. The molecule has 0 saturated heterocycles. The van der Waals surface area contributed by atoms with Crippen LogP contribution in [0.4, 0.5) is 0 Å². The van der Waals surface area contributed by atoms with Crippen LogP contribution in [0.2, 0.25) is 0 Å². The highest BCUT2D eigenvalue weighted by atomic mass is 32.1. The highest BCUT2D eigenvalue weighted by molar-refractivity contribution is 7.09. The Morgan fingerprint density at radius 1 is 1.18 bits per heavy atom. The van der Waals surface area contributed by atoms with Crippen molar-refractivity contribution in [1.82, 2.24) is 9.88 Å². The van der Waals surface area contributed by atoms with E-state index in [1.165, 1.54) is 0 Å². The van der Waals surface area contributed by atoms with Gasteiger partial charge in [0.05, 0.1) is 18.8 Å². The molecule has 0 aliphatic rings. The molecule has 0 radical (unpaired) electrons. The van der Waals surface area contributed by atoms with Gasteiger partial charge in [-0.2, -0.15) is 0 Å². The minimum absolute atomic E-state index is 0.0512. The van der Waals surface area contributed by atoms with Gasteiger partial charge in [-0.3, -0.25) is 4.79 Å². The number of hydrogen-bond donors (Lipinski definition) is 0. The topological polar surface area (TPSA) is 51.7 Å². The maximum Gasteiger partial charge on any atom is 0.225 e. The van der Waals surface area contributed by atoms with Crippen LogP contribution in [-0.2, 0) is 22.7 Å². The van der Waals surface area contributed by atoms with Gasteiger partial charge in [-0.05, 0) is 11.5 Å². The van der Waals surface area contributed by atoms with Crippen molar-refractivity contribution >= 4 is 28.0 Å². The SMILES string of the molecule is COCCN(Cc1csc(COc2cccc3ccccc23)n1)C(=O)C(C)C. The van der Waals surface area contributed by atoms with Gasteiger partial charge < -0.3 is 14.4 Å².